The minimum absolute atomic E-state index is 0.0192. The number of H-pyrrole nitrogens is 1. The van der Waals surface area contributed by atoms with Crippen molar-refractivity contribution in [1.29, 1.82) is 5.26 Å². The molecule has 0 spiro atoms. The molecule has 23 heavy (non-hydrogen) atoms. The Kier molecular flexibility index (Phi) is 3.91. The highest BCUT2D eigenvalue weighted by atomic mass is 16.2. The molecule has 1 aliphatic rings. The summed E-state index contributed by atoms with van der Waals surface area (Å²) in [6.45, 7) is 3.99. The Bertz CT molecular complexity index is 763. The summed E-state index contributed by atoms with van der Waals surface area (Å²) >= 11 is 0. The number of rotatable bonds is 4. The molecule has 0 radical (unpaired) electrons. The second kappa shape index (κ2) is 5.88. The zero-order valence-corrected chi connectivity index (χ0v) is 13.6. The lowest BCUT2D eigenvalue weighted by Gasteiger charge is -2.21. The number of aromatic nitrogens is 2. The molecule has 0 unspecified atom stereocenters. The highest BCUT2D eigenvalue weighted by molar-refractivity contribution is 5.96. The van der Waals surface area contributed by atoms with Gasteiger partial charge in [0, 0.05) is 24.2 Å². The van der Waals surface area contributed by atoms with E-state index in [9.17, 15) is 4.79 Å². The zero-order chi connectivity index (χ0) is 16.6. The number of benzene rings is 1. The largest absolute Gasteiger partial charge is 0.338 e. The SMILES string of the molecule is CC(C)N(C)C(=O)c1[nH]nc(-c2ccc(C#N)cc2)c1C1CC1. The lowest BCUT2D eigenvalue weighted by molar-refractivity contribution is 0.0748. The Morgan fingerprint density at radius 3 is 2.52 bits per heavy atom. The van der Waals surface area contributed by atoms with Gasteiger partial charge in [0.2, 0.25) is 0 Å². The molecule has 3 rings (SSSR count). The number of hydrogen-bond acceptors (Lipinski definition) is 3. The number of carbonyl (C=O) groups excluding carboxylic acids is 1. The van der Waals surface area contributed by atoms with Gasteiger partial charge in [-0.1, -0.05) is 12.1 Å². The van der Waals surface area contributed by atoms with Crippen molar-refractivity contribution < 1.29 is 4.79 Å². The molecule has 1 amide bonds. The second-order valence-corrected chi connectivity index (χ2v) is 6.33. The van der Waals surface area contributed by atoms with Crippen LogP contribution in [-0.2, 0) is 0 Å². The van der Waals surface area contributed by atoms with Gasteiger partial charge < -0.3 is 4.90 Å². The summed E-state index contributed by atoms with van der Waals surface area (Å²) in [7, 11) is 1.81. The smallest absolute Gasteiger partial charge is 0.272 e. The van der Waals surface area contributed by atoms with Crippen LogP contribution in [0.1, 0.15) is 54.2 Å². The molecule has 1 fully saturated rings. The number of hydrogen-bond donors (Lipinski definition) is 1. The summed E-state index contributed by atoms with van der Waals surface area (Å²) in [5.74, 6) is 0.383. The van der Waals surface area contributed by atoms with Gasteiger partial charge in [0.15, 0.2) is 0 Å². The summed E-state index contributed by atoms with van der Waals surface area (Å²) in [6, 6.07) is 9.59. The fourth-order valence-corrected chi connectivity index (χ4v) is 2.62. The third-order valence-corrected chi connectivity index (χ3v) is 4.39. The van der Waals surface area contributed by atoms with Crippen molar-refractivity contribution in [2.24, 2.45) is 0 Å². The molecule has 1 aromatic carbocycles. The van der Waals surface area contributed by atoms with E-state index in [1.165, 1.54) is 0 Å². The Morgan fingerprint density at radius 2 is 2.00 bits per heavy atom. The van der Waals surface area contributed by atoms with Gasteiger partial charge in [0.25, 0.3) is 5.91 Å². The molecule has 1 aromatic heterocycles. The maximum atomic E-state index is 12.7. The van der Waals surface area contributed by atoms with Crippen LogP contribution in [0, 0.1) is 11.3 Å². The van der Waals surface area contributed by atoms with Crippen LogP contribution >= 0.6 is 0 Å². The van der Waals surface area contributed by atoms with Gasteiger partial charge >= 0.3 is 0 Å². The van der Waals surface area contributed by atoms with E-state index in [0.29, 0.717) is 17.2 Å². The number of nitriles is 1. The van der Waals surface area contributed by atoms with E-state index in [4.69, 9.17) is 5.26 Å². The molecule has 0 atom stereocenters. The average molecular weight is 308 g/mol. The van der Waals surface area contributed by atoms with Crippen LogP contribution < -0.4 is 0 Å². The minimum atomic E-state index is -0.0192. The Balaban J connectivity index is 2.02. The number of amides is 1. The number of nitrogens with zero attached hydrogens (tertiary/aromatic N) is 3. The van der Waals surface area contributed by atoms with E-state index in [1.54, 1.807) is 17.0 Å². The number of aromatic amines is 1. The van der Waals surface area contributed by atoms with Crippen LogP contribution in [0.4, 0.5) is 0 Å². The Morgan fingerprint density at radius 1 is 1.35 bits per heavy atom. The van der Waals surface area contributed by atoms with Crippen molar-refractivity contribution in [3.63, 3.8) is 0 Å². The van der Waals surface area contributed by atoms with Gasteiger partial charge in [0.05, 0.1) is 17.3 Å². The van der Waals surface area contributed by atoms with Crippen molar-refractivity contribution in [3.05, 3.63) is 41.1 Å². The topological polar surface area (TPSA) is 72.8 Å². The van der Waals surface area contributed by atoms with Crippen molar-refractivity contribution in [2.45, 2.75) is 38.6 Å². The van der Waals surface area contributed by atoms with E-state index in [2.05, 4.69) is 16.3 Å². The average Bonchev–Trinajstić information content (AvgIpc) is 3.31. The first-order valence-corrected chi connectivity index (χ1v) is 7.89. The maximum absolute atomic E-state index is 12.7. The normalized spacial score (nSPS) is 13.9. The molecule has 118 valence electrons. The lowest BCUT2D eigenvalue weighted by Crippen LogP contribution is -2.33. The van der Waals surface area contributed by atoms with E-state index >= 15 is 0 Å². The molecule has 1 heterocycles. The van der Waals surface area contributed by atoms with Crippen molar-refractivity contribution >= 4 is 5.91 Å². The predicted octanol–water partition coefficient (Wildman–Crippen LogP) is 3.31. The Hall–Kier alpha value is -2.61. The summed E-state index contributed by atoms with van der Waals surface area (Å²) < 4.78 is 0. The summed E-state index contributed by atoms with van der Waals surface area (Å²) in [5, 5.41) is 16.3. The first-order valence-electron chi connectivity index (χ1n) is 7.89. The molecule has 0 bridgehead atoms. The van der Waals surface area contributed by atoms with Gasteiger partial charge in [-0.25, -0.2) is 0 Å². The maximum Gasteiger partial charge on any atom is 0.272 e. The minimum Gasteiger partial charge on any atom is -0.338 e. The second-order valence-electron chi connectivity index (χ2n) is 6.33. The first kappa shape index (κ1) is 15.3. The molecule has 1 saturated carbocycles. The van der Waals surface area contributed by atoms with Crippen LogP contribution in [0.2, 0.25) is 0 Å². The lowest BCUT2D eigenvalue weighted by atomic mass is 10.0. The molecular formula is C18H20N4O. The molecule has 2 aromatic rings. The fourth-order valence-electron chi connectivity index (χ4n) is 2.62. The fraction of sp³-hybridized carbons (Fsp3) is 0.389. The van der Waals surface area contributed by atoms with Crippen LogP contribution in [0.5, 0.6) is 0 Å². The highest BCUT2D eigenvalue weighted by Crippen LogP contribution is 2.45. The van der Waals surface area contributed by atoms with E-state index < -0.39 is 0 Å². The van der Waals surface area contributed by atoms with E-state index in [-0.39, 0.29) is 11.9 Å². The van der Waals surface area contributed by atoms with Gasteiger partial charge in [-0.15, -0.1) is 0 Å². The van der Waals surface area contributed by atoms with Crippen LogP contribution in [-0.4, -0.2) is 34.1 Å². The summed E-state index contributed by atoms with van der Waals surface area (Å²) in [5.41, 5.74) is 4.01. The number of carbonyl (C=O) groups is 1. The van der Waals surface area contributed by atoms with Crippen LogP contribution in [0.25, 0.3) is 11.3 Å². The van der Waals surface area contributed by atoms with Crippen molar-refractivity contribution in [3.8, 4) is 17.3 Å². The standard InChI is InChI=1S/C18H20N4O/c1-11(2)22(3)18(23)17-15(13-8-9-13)16(20-21-17)14-6-4-12(10-19)5-7-14/h4-7,11,13H,8-9H2,1-3H3,(H,20,21). The third-order valence-electron chi connectivity index (χ3n) is 4.39. The van der Waals surface area contributed by atoms with Crippen molar-refractivity contribution in [2.75, 3.05) is 7.05 Å². The van der Waals surface area contributed by atoms with E-state index in [0.717, 1.165) is 29.7 Å². The molecule has 1 aliphatic carbocycles. The predicted molar refractivity (Wildman–Crippen MR) is 87.9 cm³/mol. The van der Waals surface area contributed by atoms with Crippen LogP contribution in [0.15, 0.2) is 24.3 Å². The number of nitrogens with one attached hydrogen (secondary N) is 1. The molecular weight excluding hydrogens is 288 g/mol. The molecule has 0 saturated heterocycles. The third kappa shape index (κ3) is 2.85. The van der Waals surface area contributed by atoms with Gasteiger partial charge in [0.1, 0.15) is 5.69 Å². The van der Waals surface area contributed by atoms with Gasteiger partial charge in [-0.2, -0.15) is 10.4 Å². The monoisotopic (exact) mass is 308 g/mol. The van der Waals surface area contributed by atoms with Gasteiger partial charge in [-0.3, -0.25) is 9.89 Å². The highest BCUT2D eigenvalue weighted by Gasteiger charge is 2.34. The van der Waals surface area contributed by atoms with Gasteiger partial charge in [-0.05, 0) is 44.7 Å². The van der Waals surface area contributed by atoms with E-state index in [1.807, 2.05) is 33.0 Å². The summed E-state index contributed by atoms with van der Waals surface area (Å²) in [4.78, 5) is 14.4. The summed E-state index contributed by atoms with van der Waals surface area (Å²) in [6.07, 6.45) is 2.18. The molecule has 0 aliphatic heterocycles. The molecule has 5 nitrogen and oxygen atoms in total. The van der Waals surface area contributed by atoms with Crippen LogP contribution in [0.3, 0.4) is 0 Å². The Labute approximate surface area is 135 Å². The molecule has 5 heteroatoms. The zero-order valence-electron chi connectivity index (χ0n) is 13.6. The van der Waals surface area contributed by atoms with Crippen molar-refractivity contribution in [1.82, 2.24) is 15.1 Å². The quantitative estimate of drug-likeness (QED) is 0.941. The molecule has 1 N–H and O–H groups in total. The first-order chi connectivity index (χ1) is 11.0.